The first kappa shape index (κ1) is 16.6. The number of nitrogens with one attached hydrogen (secondary N) is 1. The van der Waals surface area contributed by atoms with Gasteiger partial charge in [0, 0.05) is 17.0 Å². The van der Waals surface area contributed by atoms with E-state index in [2.05, 4.69) is 10.3 Å². The van der Waals surface area contributed by atoms with Gasteiger partial charge in [-0.2, -0.15) is 0 Å². The Morgan fingerprint density at radius 2 is 2.00 bits per heavy atom. The van der Waals surface area contributed by atoms with E-state index in [0.29, 0.717) is 5.13 Å². The molecule has 0 radical (unpaired) electrons. The number of nitrogens with zero attached hydrogens (tertiary/aromatic N) is 2. The van der Waals surface area contributed by atoms with Gasteiger partial charge in [-0.1, -0.05) is 36.4 Å². The SMILES string of the molecule is O=C(COc1cccc([N+](=O)[O-])c1)Nc1nc(-c2ccccc2)cs1. The first-order chi connectivity index (χ1) is 12.1. The van der Waals surface area contributed by atoms with Gasteiger partial charge >= 0.3 is 0 Å². The van der Waals surface area contributed by atoms with E-state index in [9.17, 15) is 14.9 Å². The third-order valence-corrected chi connectivity index (χ3v) is 3.98. The summed E-state index contributed by atoms with van der Waals surface area (Å²) in [6.07, 6.45) is 0. The van der Waals surface area contributed by atoms with E-state index < -0.39 is 4.92 Å². The molecule has 0 fully saturated rings. The lowest BCUT2D eigenvalue weighted by Crippen LogP contribution is -2.20. The molecule has 3 aromatic rings. The quantitative estimate of drug-likeness (QED) is 0.537. The number of carbonyl (C=O) groups excluding carboxylic acids is 1. The van der Waals surface area contributed by atoms with Crippen molar-refractivity contribution in [3.8, 4) is 17.0 Å². The average Bonchev–Trinajstić information content (AvgIpc) is 3.09. The third kappa shape index (κ3) is 4.39. The lowest BCUT2D eigenvalue weighted by atomic mass is 10.2. The van der Waals surface area contributed by atoms with Crippen molar-refractivity contribution in [2.75, 3.05) is 11.9 Å². The number of hydrogen-bond donors (Lipinski definition) is 1. The van der Waals surface area contributed by atoms with Gasteiger partial charge in [0.15, 0.2) is 11.7 Å². The lowest BCUT2D eigenvalue weighted by Gasteiger charge is -2.05. The number of nitro groups is 1. The Bertz CT molecular complexity index is 896. The average molecular weight is 355 g/mol. The van der Waals surface area contributed by atoms with Crippen LogP contribution < -0.4 is 10.1 Å². The standard InChI is InChI=1S/C17H13N3O4S/c21-16(10-24-14-8-4-7-13(9-14)20(22)23)19-17-18-15(11-25-17)12-5-2-1-3-6-12/h1-9,11H,10H2,(H,18,19,21). The number of nitro benzene ring substituents is 1. The van der Waals surface area contributed by atoms with E-state index in [-0.39, 0.29) is 24.0 Å². The predicted octanol–water partition coefficient (Wildman–Crippen LogP) is 3.74. The van der Waals surface area contributed by atoms with Crippen LogP contribution >= 0.6 is 11.3 Å². The molecule has 0 saturated heterocycles. The molecule has 3 rings (SSSR count). The second-order valence-corrected chi connectivity index (χ2v) is 5.85. The maximum Gasteiger partial charge on any atom is 0.273 e. The summed E-state index contributed by atoms with van der Waals surface area (Å²) in [6.45, 7) is -0.262. The molecule has 25 heavy (non-hydrogen) atoms. The molecule has 0 bridgehead atoms. The van der Waals surface area contributed by atoms with Crippen LogP contribution in [0.4, 0.5) is 10.8 Å². The zero-order valence-electron chi connectivity index (χ0n) is 12.9. The molecule has 0 unspecified atom stereocenters. The molecule has 8 heteroatoms. The fraction of sp³-hybridized carbons (Fsp3) is 0.0588. The van der Waals surface area contributed by atoms with Crippen LogP contribution in [0, 0.1) is 10.1 Å². The van der Waals surface area contributed by atoms with E-state index in [1.54, 1.807) is 6.07 Å². The molecule has 0 aliphatic rings. The van der Waals surface area contributed by atoms with Crippen molar-refractivity contribution in [2.45, 2.75) is 0 Å². The summed E-state index contributed by atoms with van der Waals surface area (Å²) in [5, 5.41) is 15.7. The maximum absolute atomic E-state index is 11.9. The number of rotatable bonds is 6. The van der Waals surface area contributed by atoms with E-state index in [0.717, 1.165) is 11.3 Å². The predicted molar refractivity (Wildman–Crippen MR) is 94.8 cm³/mol. The zero-order valence-corrected chi connectivity index (χ0v) is 13.7. The molecule has 7 nitrogen and oxygen atoms in total. The van der Waals surface area contributed by atoms with Crippen molar-refractivity contribution in [1.82, 2.24) is 4.98 Å². The number of thiazole rings is 1. The van der Waals surface area contributed by atoms with Gasteiger partial charge in [0.2, 0.25) is 0 Å². The smallest absolute Gasteiger partial charge is 0.273 e. The van der Waals surface area contributed by atoms with Crippen LogP contribution in [0.15, 0.2) is 60.0 Å². The van der Waals surface area contributed by atoms with Crippen LogP contribution in [0.3, 0.4) is 0 Å². The first-order valence-corrected chi connectivity index (χ1v) is 8.18. The second kappa shape index (κ2) is 7.54. The van der Waals surface area contributed by atoms with Crippen LogP contribution in [-0.2, 0) is 4.79 Å². The molecule has 0 aliphatic heterocycles. The molecular formula is C17H13N3O4S. The van der Waals surface area contributed by atoms with Crippen molar-refractivity contribution < 1.29 is 14.5 Å². The molecule has 0 spiro atoms. The molecule has 2 aromatic carbocycles. The number of aromatic nitrogens is 1. The van der Waals surface area contributed by atoms with Crippen LogP contribution in [0.5, 0.6) is 5.75 Å². The van der Waals surface area contributed by atoms with Gasteiger partial charge in [0.1, 0.15) is 5.75 Å². The van der Waals surface area contributed by atoms with Crippen molar-refractivity contribution in [2.24, 2.45) is 0 Å². The van der Waals surface area contributed by atoms with Gasteiger partial charge in [-0.25, -0.2) is 4.98 Å². The van der Waals surface area contributed by atoms with E-state index >= 15 is 0 Å². The Balaban J connectivity index is 1.57. The Morgan fingerprint density at radius 1 is 1.20 bits per heavy atom. The normalized spacial score (nSPS) is 10.2. The molecule has 1 N–H and O–H groups in total. The Kier molecular flexibility index (Phi) is 5.00. The highest BCUT2D eigenvalue weighted by atomic mass is 32.1. The minimum atomic E-state index is -0.520. The molecule has 0 atom stereocenters. The molecule has 126 valence electrons. The molecule has 1 aromatic heterocycles. The Morgan fingerprint density at radius 3 is 2.76 bits per heavy atom. The third-order valence-electron chi connectivity index (χ3n) is 3.22. The summed E-state index contributed by atoms with van der Waals surface area (Å²) in [5.74, 6) is -0.131. The van der Waals surface area contributed by atoms with Crippen LogP contribution in [-0.4, -0.2) is 22.4 Å². The summed E-state index contributed by atoms with van der Waals surface area (Å²) >= 11 is 1.31. The zero-order chi connectivity index (χ0) is 17.6. The van der Waals surface area contributed by atoms with Crippen molar-refractivity contribution >= 4 is 28.1 Å². The van der Waals surface area contributed by atoms with Crippen molar-refractivity contribution in [3.63, 3.8) is 0 Å². The number of anilines is 1. The number of amides is 1. The number of ether oxygens (including phenoxy) is 1. The first-order valence-electron chi connectivity index (χ1n) is 7.30. The fourth-order valence-corrected chi connectivity index (χ4v) is 2.80. The summed E-state index contributed by atoms with van der Waals surface area (Å²) < 4.78 is 5.28. The van der Waals surface area contributed by atoms with E-state index in [1.807, 2.05) is 35.7 Å². The largest absolute Gasteiger partial charge is 0.484 e. The number of hydrogen-bond acceptors (Lipinski definition) is 6. The molecule has 1 heterocycles. The Labute approximate surface area is 147 Å². The number of benzene rings is 2. The second-order valence-electron chi connectivity index (χ2n) is 5.00. The summed E-state index contributed by atoms with van der Waals surface area (Å²) in [7, 11) is 0. The van der Waals surface area contributed by atoms with Crippen molar-refractivity contribution in [1.29, 1.82) is 0 Å². The van der Waals surface area contributed by atoms with Gasteiger partial charge in [0.05, 0.1) is 16.7 Å². The van der Waals surface area contributed by atoms with Crippen LogP contribution in [0.1, 0.15) is 0 Å². The number of non-ortho nitro benzene ring substituents is 1. The van der Waals surface area contributed by atoms with E-state index in [4.69, 9.17) is 4.74 Å². The van der Waals surface area contributed by atoms with Gasteiger partial charge in [-0.15, -0.1) is 11.3 Å². The van der Waals surface area contributed by atoms with Crippen molar-refractivity contribution in [3.05, 3.63) is 70.1 Å². The Hall–Kier alpha value is -3.26. The molecule has 0 saturated carbocycles. The highest BCUT2D eigenvalue weighted by molar-refractivity contribution is 7.14. The number of carbonyl (C=O) groups is 1. The van der Waals surface area contributed by atoms with Gasteiger partial charge in [0.25, 0.3) is 11.6 Å². The topological polar surface area (TPSA) is 94.4 Å². The van der Waals surface area contributed by atoms with Gasteiger partial charge in [-0.3, -0.25) is 20.2 Å². The highest BCUT2D eigenvalue weighted by Crippen LogP contribution is 2.24. The lowest BCUT2D eigenvalue weighted by molar-refractivity contribution is -0.384. The monoisotopic (exact) mass is 355 g/mol. The molecule has 0 aliphatic carbocycles. The van der Waals surface area contributed by atoms with Crippen LogP contribution in [0.2, 0.25) is 0 Å². The fourth-order valence-electron chi connectivity index (χ4n) is 2.06. The van der Waals surface area contributed by atoms with Gasteiger partial charge in [-0.05, 0) is 6.07 Å². The molecule has 1 amide bonds. The summed E-state index contributed by atoms with van der Waals surface area (Å²) in [6, 6.07) is 15.3. The highest BCUT2D eigenvalue weighted by Gasteiger charge is 2.10. The van der Waals surface area contributed by atoms with E-state index in [1.165, 1.54) is 29.5 Å². The summed E-state index contributed by atoms with van der Waals surface area (Å²) in [5.41, 5.74) is 1.65. The van der Waals surface area contributed by atoms with Gasteiger partial charge < -0.3 is 4.74 Å². The summed E-state index contributed by atoms with van der Waals surface area (Å²) in [4.78, 5) is 26.5. The molecular weight excluding hydrogens is 342 g/mol. The van der Waals surface area contributed by atoms with Crippen LogP contribution in [0.25, 0.3) is 11.3 Å². The maximum atomic E-state index is 11.9. The minimum absolute atomic E-state index is 0.0923. The minimum Gasteiger partial charge on any atom is -0.484 e.